The summed E-state index contributed by atoms with van der Waals surface area (Å²) in [5, 5.41) is 8.38. The van der Waals surface area contributed by atoms with Gasteiger partial charge in [-0.05, 0) is 12.1 Å². The predicted molar refractivity (Wildman–Crippen MR) is 86.8 cm³/mol. The molecule has 0 bridgehead atoms. The number of halogens is 1. The van der Waals surface area contributed by atoms with E-state index in [0.717, 1.165) is 38.0 Å². The summed E-state index contributed by atoms with van der Waals surface area (Å²) < 4.78 is 2.82. The Labute approximate surface area is 149 Å². The molecule has 0 radical (unpaired) electrons. The number of aromatic carboxylic acids is 1. The smallest absolute Gasteiger partial charge is 0.335 e. The van der Waals surface area contributed by atoms with E-state index in [9.17, 15) is 9.59 Å². The molecule has 102 valence electrons. The van der Waals surface area contributed by atoms with Crippen LogP contribution in [-0.2, 0) is 0 Å². The quantitative estimate of drug-likeness (QED) is 0.519. The molecule has 0 spiro atoms. The molecule has 0 aliphatic heterocycles. The first-order valence-electron chi connectivity index (χ1n) is 6.25. The minimum Gasteiger partial charge on any atom is -0.478 e. The van der Waals surface area contributed by atoms with Gasteiger partial charge in [-0.2, -0.15) is 0 Å². The van der Waals surface area contributed by atoms with Crippen LogP contribution in [-0.4, -0.2) is 44.8 Å². The van der Waals surface area contributed by atoms with Crippen molar-refractivity contribution in [2.24, 2.45) is 0 Å². The van der Waals surface area contributed by atoms with Gasteiger partial charge in [0.15, 0.2) is 0 Å². The molecule has 3 nitrogen and oxygen atoms in total. The molecule has 0 aliphatic rings. The van der Waals surface area contributed by atoms with Crippen LogP contribution < -0.4 is 0 Å². The Balaban J connectivity index is 0.000000219. The number of carbonyl (C=O) groups excluding carboxylic acids is 1. The van der Waals surface area contributed by atoms with Crippen LogP contribution in [0.25, 0.3) is 0 Å². The van der Waals surface area contributed by atoms with Gasteiger partial charge in [0.05, 0.1) is 5.56 Å². The van der Waals surface area contributed by atoms with Crippen molar-refractivity contribution in [2.45, 2.75) is 0 Å². The fourth-order valence-corrected chi connectivity index (χ4v) is 2.17. The molecular weight excluding hydrogens is 343 g/mol. The number of hydrogen-bond acceptors (Lipinski definition) is 2. The molecule has 2 aromatic rings. The average Bonchev–Trinajstić information content (AvgIpc) is 2.49. The molecule has 2 aromatic carbocycles. The van der Waals surface area contributed by atoms with Crippen molar-refractivity contribution in [1.29, 1.82) is 0 Å². The summed E-state index contributed by atoms with van der Waals surface area (Å²) in [5.74, 6) is -0.804. The van der Waals surface area contributed by atoms with Crippen LogP contribution >= 0.6 is 15.9 Å². The van der Waals surface area contributed by atoms with Crippen molar-refractivity contribution in [3.63, 3.8) is 0 Å². The maximum Gasteiger partial charge on any atom is 0.335 e. The fraction of sp³-hybridized carbons (Fsp3) is 0. The van der Waals surface area contributed by atoms with Crippen LogP contribution in [0, 0.1) is 0 Å². The number of carboxylic acids is 1. The second-order valence-electron chi connectivity index (χ2n) is 4.05. The van der Waals surface area contributed by atoms with Crippen LogP contribution in [0.3, 0.4) is 0 Å². The first-order valence-corrected chi connectivity index (χ1v) is 8.20. The summed E-state index contributed by atoms with van der Waals surface area (Å²) in [7, 11) is 0. The summed E-state index contributed by atoms with van der Waals surface area (Å²) in [6, 6.07) is 15.7. The van der Waals surface area contributed by atoms with Gasteiger partial charge >= 0.3 is 104 Å². The Morgan fingerprint density at radius 2 is 1.62 bits per heavy atom. The monoisotopic (exact) mass is 354 g/mol. The fourth-order valence-electron chi connectivity index (χ4n) is 1.47. The second-order valence-corrected chi connectivity index (χ2v) is 5.63. The molecule has 1 N–H and O–H groups in total. The predicted octanol–water partition coefficient (Wildman–Crippen LogP) is 3.70. The third-order valence-electron chi connectivity index (χ3n) is 2.45. The molecule has 0 atom stereocenters. The molecule has 0 aromatic heterocycles. The van der Waals surface area contributed by atoms with Crippen LogP contribution in [0.1, 0.15) is 20.7 Å². The molecule has 0 amide bonds. The van der Waals surface area contributed by atoms with E-state index in [1.807, 2.05) is 27.6 Å². The van der Waals surface area contributed by atoms with Crippen molar-refractivity contribution < 1.29 is 14.7 Å². The topological polar surface area (TPSA) is 54.4 Å². The summed E-state index contributed by atoms with van der Waals surface area (Å²) in [4.78, 5) is 21.5. The van der Waals surface area contributed by atoms with Crippen molar-refractivity contribution >= 4 is 55.6 Å². The third-order valence-corrected chi connectivity index (χ3v) is 3.27. The molecular formula is C16H12BrNaO3. The van der Waals surface area contributed by atoms with Crippen LogP contribution in [0.4, 0.5) is 0 Å². The van der Waals surface area contributed by atoms with Gasteiger partial charge in [-0.1, -0.05) is 18.2 Å². The number of ketones is 1. The van der Waals surface area contributed by atoms with Crippen LogP contribution in [0.5, 0.6) is 0 Å². The van der Waals surface area contributed by atoms with E-state index in [4.69, 9.17) is 5.11 Å². The third kappa shape index (κ3) is 6.87. The summed E-state index contributed by atoms with van der Waals surface area (Å²) >= 11 is 4.24. The summed E-state index contributed by atoms with van der Waals surface area (Å²) in [6.45, 7) is 0. The van der Waals surface area contributed by atoms with Crippen molar-refractivity contribution in [2.75, 3.05) is 0 Å². The van der Waals surface area contributed by atoms with Crippen molar-refractivity contribution in [3.05, 3.63) is 79.6 Å². The Bertz CT molecular complexity index is 639. The van der Waals surface area contributed by atoms with Gasteiger partial charge in [0.25, 0.3) is 0 Å². The summed E-state index contributed by atoms with van der Waals surface area (Å²) in [6.07, 6.45) is 1.62. The number of carbonyl (C=O) groups is 2. The van der Waals surface area contributed by atoms with E-state index in [0.29, 0.717) is 5.56 Å². The van der Waals surface area contributed by atoms with Crippen molar-refractivity contribution in [1.82, 2.24) is 0 Å². The van der Waals surface area contributed by atoms with Gasteiger partial charge in [0, 0.05) is 0 Å². The van der Waals surface area contributed by atoms with Gasteiger partial charge in [-0.3, -0.25) is 0 Å². The zero-order chi connectivity index (χ0) is 15.7. The van der Waals surface area contributed by atoms with E-state index in [1.165, 1.54) is 0 Å². The second kappa shape index (κ2) is 9.68. The molecule has 21 heavy (non-hydrogen) atoms. The molecule has 0 heterocycles. The zero-order valence-corrected chi connectivity index (χ0v) is 15.1. The normalized spacial score (nSPS) is 9.86. The number of benzene rings is 2. The largest absolute Gasteiger partial charge is 0.478 e. The molecule has 2 rings (SSSR count). The van der Waals surface area contributed by atoms with E-state index in [-0.39, 0.29) is 5.78 Å². The van der Waals surface area contributed by atoms with Crippen molar-refractivity contribution in [3.8, 4) is 0 Å². The van der Waals surface area contributed by atoms with Crippen LogP contribution in [0.15, 0.2) is 68.5 Å². The van der Waals surface area contributed by atoms with E-state index < -0.39 is 5.97 Å². The van der Waals surface area contributed by atoms with Crippen LogP contribution in [0.2, 0.25) is 0 Å². The van der Waals surface area contributed by atoms with Gasteiger partial charge < -0.3 is 5.11 Å². The SMILES string of the molecule is O=C(C=[CH][Na])c1cccc(Br)c1.O=C(O)c1ccccc1. The van der Waals surface area contributed by atoms with E-state index in [2.05, 4.69) is 15.9 Å². The minimum atomic E-state index is -0.879. The molecule has 0 unspecified atom stereocenters. The Morgan fingerprint density at radius 3 is 2.10 bits per heavy atom. The molecule has 0 saturated carbocycles. The van der Waals surface area contributed by atoms with Gasteiger partial charge in [-0.15, -0.1) is 0 Å². The number of hydrogen-bond donors (Lipinski definition) is 1. The molecule has 0 fully saturated rings. The number of carboxylic acid groups (broad SMARTS) is 1. The first-order chi connectivity index (χ1) is 10.0. The van der Waals surface area contributed by atoms with E-state index in [1.54, 1.807) is 36.4 Å². The summed E-state index contributed by atoms with van der Waals surface area (Å²) in [5.41, 5.74) is 1.06. The Kier molecular flexibility index (Phi) is 8.23. The standard InChI is InChI=1S/C9H6BrO.C7H6O2.Na/c1-2-9(11)7-4-3-5-8(10)6-7;8-7(9)6-4-2-1-3-5-6;/h1-6H;1-5H,(H,8,9);. The maximum atomic E-state index is 11.3. The van der Waals surface area contributed by atoms with Gasteiger partial charge in [0.1, 0.15) is 0 Å². The van der Waals surface area contributed by atoms with Gasteiger partial charge in [0.2, 0.25) is 0 Å². The molecule has 0 aliphatic carbocycles. The van der Waals surface area contributed by atoms with Gasteiger partial charge in [-0.25, -0.2) is 4.79 Å². The number of rotatable bonds is 3. The number of allylic oxidation sites excluding steroid dienone is 1. The maximum absolute atomic E-state index is 11.3. The Morgan fingerprint density at radius 1 is 1.00 bits per heavy atom. The first kappa shape index (κ1) is 17.9. The minimum absolute atomic E-state index is 0.0753. The average molecular weight is 355 g/mol. The zero-order valence-electron chi connectivity index (χ0n) is 11.5. The molecule has 5 heteroatoms. The Hall–Kier alpha value is -1.20. The van der Waals surface area contributed by atoms with E-state index >= 15 is 0 Å². The molecule has 0 saturated heterocycles.